The van der Waals surface area contributed by atoms with Crippen LogP contribution in [-0.4, -0.2) is 10.9 Å². The zero-order chi connectivity index (χ0) is 16.3. The molecule has 4 aliphatic carbocycles. The van der Waals surface area contributed by atoms with E-state index < -0.39 is 0 Å². The number of hydrogen-bond donors (Lipinski definition) is 1. The molecule has 1 aromatic rings. The van der Waals surface area contributed by atoms with Crippen molar-refractivity contribution in [2.24, 2.45) is 22.2 Å². The van der Waals surface area contributed by atoms with E-state index in [1.165, 1.54) is 19.3 Å². The maximum absolute atomic E-state index is 13.2. The summed E-state index contributed by atoms with van der Waals surface area (Å²) >= 11 is 0. The zero-order valence-corrected chi connectivity index (χ0v) is 14.6. The monoisotopic (exact) mass is 312 g/mol. The molecule has 2 unspecified atom stereocenters. The van der Waals surface area contributed by atoms with Crippen LogP contribution in [0.5, 0.6) is 0 Å². The first kappa shape index (κ1) is 15.2. The quantitative estimate of drug-likeness (QED) is 0.906. The van der Waals surface area contributed by atoms with E-state index in [9.17, 15) is 4.79 Å². The van der Waals surface area contributed by atoms with Crippen LogP contribution in [-0.2, 0) is 4.79 Å². The summed E-state index contributed by atoms with van der Waals surface area (Å²) in [6.07, 6.45) is 10.8. The molecule has 0 saturated heterocycles. The first-order chi connectivity index (χ1) is 10.8. The van der Waals surface area contributed by atoms with Gasteiger partial charge in [0.15, 0.2) is 0 Å². The highest BCUT2D eigenvalue weighted by molar-refractivity contribution is 5.83. The van der Waals surface area contributed by atoms with Gasteiger partial charge in [0.2, 0.25) is 5.91 Å². The van der Waals surface area contributed by atoms with E-state index in [0.717, 1.165) is 30.7 Å². The molecule has 23 heavy (non-hydrogen) atoms. The van der Waals surface area contributed by atoms with Crippen molar-refractivity contribution in [2.45, 2.75) is 65.3 Å². The Labute approximate surface area is 139 Å². The third-order valence-corrected chi connectivity index (χ3v) is 6.66. The first-order valence-electron chi connectivity index (χ1n) is 9.03. The number of nitrogens with zero attached hydrogens (tertiary/aromatic N) is 1. The molecule has 4 bridgehead atoms. The summed E-state index contributed by atoms with van der Waals surface area (Å²) in [5, 5.41) is 3.32. The molecule has 1 heterocycles. The van der Waals surface area contributed by atoms with Crippen LogP contribution >= 0.6 is 0 Å². The van der Waals surface area contributed by atoms with Gasteiger partial charge in [0.1, 0.15) is 0 Å². The summed E-state index contributed by atoms with van der Waals surface area (Å²) in [6, 6.07) is 4.04. The van der Waals surface area contributed by atoms with Gasteiger partial charge in [-0.25, -0.2) is 0 Å². The normalized spacial score (nSPS) is 42.5. The fourth-order valence-corrected chi connectivity index (χ4v) is 6.79. The molecule has 0 aromatic carbocycles. The minimum Gasteiger partial charge on any atom is -0.349 e. The van der Waals surface area contributed by atoms with Crippen LogP contribution < -0.4 is 5.32 Å². The van der Waals surface area contributed by atoms with E-state index in [2.05, 4.69) is 31.1 Å². The van der Waals surface area contributed by atoms with Crippen LogP contribution in [0.2, 0.25) is 0 Å². The fraction of sp³-hybridized carbons (Fsp3) is 0.700. The largest absolute Gasteiger partial charge is 0.349 e. The Bertz CT molecular complexity index is 608. The van der Waals surface area contributed by atoms with Gasteiger partial charge >= 0.3 is 0 Å². The van der Waals surface area contributed by atoms with Crippen molar-refractivity contribution in [1.29, 1.82) is 0 Å². The Morgan fingerprint density at radius 2 is 1.74 bits per heavy atom. The third kappa shape index (κ3) is 2.49. The second-order valence-corrected chi connectivity index (χ2v) is 9.39. The zero-order valence-electron chi connectivity index (χ0n) is 14.6. The van der Waals surface area contributed by atoms with E-state index in [-0.39, 0.29) is 11.5 Å². The molecule has 3 heteroatoms. The number of hydrogen-bond acceptors (Lipinski definition) is 2. The number of aromatic nitrogens is 1. The SMILES string of the molecule is C[C@@H](NC(=O)C12CC3C[C@@](C)(C1)C[C@](C)(C3)C2)c1ccncc1. The molecular formula is C20H28N2O. The maximum Gasteiger partial charge on any atom is 0.226 e. The lowest BCUT2D eigenvalue weighted by atomic mass is 9.40. The lowest BCUT2D eigenvalue weighted by Gasteiger charge is -2.64. The van der Waals surface area contributed by atoms with Crippen LogP contribution in [0.4, 0.5) is 0 Å². The van der Waals surface area contributed by atoms with E-state index >= 15 is 0 Å². The molecule has 4 aliphatic rings. The van der Waals surface area contributed by atoms with Crippen molar-refractivity contribution >= 4 is 5.91 Å². The van der Waals surface area contributed by atoms with E-state index in [1.807, 2.05) is 12.1 Å². The summed E-state index contributed by atoms with van der Waals surface area (Å²) in [7, 11) is 0. The number of carbonyl (C=O) groups is 1. The molecular weight excluding hydrogens is 284 g/mol. The van der Waals surface area contributed by atoms with Crippen LogP contribution in [0.3, 0.4) is 0 Å². The van der Waals surface area contributed by atoms with Crippen molar-refractivity contribution in [3.63, 3.8) is 0 Å². The van der Waals surface area contributed by atoms with Crippen molar-refractivity contribution in [3.05, 3.63) is 30.1 Å². The molecule has 5 atom stereocenters. The summed E-state index contributed by atoms with van der Waals surface area (Å²) in [5.41, 5.74) is 1.77. The predicted octanol–water partition coefficient (Wildman–Crippen LogP) is 4.26. The van der Waals surface area contributed by atoms with Gasteiger partial charge in [-0.2, -0.15) is 0 Å². The van der Waals surface area contributed by atoms with Crippen LogP contribution in [0, 0.1) is 22.2 Å². The van der Waals surface area contributed by atoms with Crippen LogP contribution in [0.25, 0.3) is 0 Å². The Balaban J connectivity index is 1.56. The highest BCUT2D eigenvalue weighted by Gasteiger charge is 2.62. The van der Waals surface area contributed by atoms with Gasteiger partial charge in [0, 0.05) is 12.4 Å². The summed E-state index contributed by atoms with van der Waals surface area (Å²) in [6.45, 7) is 6.92. The molecule has 0 radical (unpaired) electrons. The molecule has 0 aliphatic heterocycles. The Hall–Kier alpha value is -1.38. The number of nitrogens with one attached hydrogen (secondary N) is 1. The fourth-order valence-electron chi connectivity index (χ4n) is 6.79. The number of amides is 1. The molecule has 3 nitrogen and oxygen atoms in total. The van der Waals surface area contributed by atoms with Gasteiger partial charge in [-0.3, -0.25) is 9.78 Å². The molecule has 1 amide bonds. The molecule has 0 spiro atoms. The Morgan fingerprint density at radius 1 is 1.13 bits per heavy atom. The number of rotatable bonds is 3. The van der Waals surface area contributed by atoms with Crippen molar-refractivity contribution in [1.82, 2.24) is 10.3 Å². The topological polar surface area (TPSA) is 42.0 Å². The lowest BCUT2D eigenvalue weighted by Crippen LogP contribution is -2.60. The molecule has 4 fully saturated rings. The molecule has 1 N–H and O–H groups in total. The third-order valence-electron chi connectivity index (χ3n) is 6.66. The minimum absolute atomic E-state index is 0.0547. The van der Waals surface area contributed by atoms with E-state index in [4.69, 9.17) is 0 Å². The smallest absolute Gasteiger partial charge is 0.226 e. The highest BCUT2D eigenvalue weighted by Crippen LogP contribution is 2.69. The van der Waals surface area contributed by atoms with Gasteiger partial charge in [-0.15, -0.1) is 0 Å². The van der Waals surface area contributed by atoms with Crippen molar-refractivity contribution in [3.8, 4) is 0 Å². The van der Waals surface area contributed by atoms with Gasteiger partial charge in [-0.05, 0) is 79.9 Å². The van der Waals surface area contributed by atoms with Gasteiger partial charge < -0.3 is 5.32 Å². The van der Waals surface area contributed by atoms with Gasteiger partial charge in [0.25, 0.3) is 0 Å². The summed E-state index contributed by atoms with van der Waals surface area (Å²) < 4.78 is 0. The molecule has 5 rings (SSSR count). The number of carbonyl (C=O) groups excluding carboxylic acids is 1. The highest BCUT2D eigenvalue weighted by atomic mass is 16.2. The molecule has 124 valence electrons. The predicted molar refractivity (Wildman–Crippen MR) is 90.6 cm³/mol. The van der Waals surface area contributed by atoms with Gasteiger partial charge in [0.05, 0.1) is 11.5 Å². The maximum atomic E-state index is 13.2. The Kier molecular flexibility index (Phi) is 3.17. The van der Waals surface area contributed by atoms with Gasteiger partial charge in [-0.1, -0.05) is 13.8 Å². The Morgan fingerprint density at radius 3 is 2.30 bits per heavy atom. The summed E-state index contributed by atoms with van der Waals surface area (Å²) in [4.78, 5) is 17.3. The standard InChI is InChI=1S/C20H28N2O/c1-14(16-4-6-21-7-5-16)22-17(23)20-10-15-8-18(2,12-20)11-19(3,9-15)13-20/h4-7,14-15H,8-13H2,1-3H3,(H,22,23)/t14-,15?,18-,19+,20?/m1/s1. The summed E-state index contributed by atoms with van der Waals surface area (Å²) in [5.74, 6) is 1.05. The van der Waals surface area contributed by atoms with Crippen molar-refractivity contribution in [2.75, 3.05) is 0 Å². The lowest BCUT2D eigenvalue weighted by molar-refractivity contribution is -0.170. The average molecular weight is 312 g/mol. The second kappa shape index (κ2) is 4.81. The molecule has 1 aromatic heterocycles. The van der Waals surface area contributed by atoms with Crippen molar-refractivity contribution < 1.29 is 4.79 Å². The second-order valence-electron chi connectivity index (χ2n) is 9.39. The van der Waals surface area contributed by atoms with Crippen LogP contribution in [0.15, 0.2) is 24.5 Å². The first-order valence-corrected chi connectivity index (χ1v) is 9.03. The van der Waals surface area contributed by atoms with E-state index in [1.54, 1.807) is 12.4 Å². The minimum atomic E-state index is -0.121. The van der Waals surface area contributed by atoms with E-state index in [0.29, 0.717) is 16.7 Å². The molecule has 4 saturated carbocycles. The van der Waals surface area contributed by atoms with Crippen LogP contribution in [0.1, 0.15) is 70.9 Å². The number of pyridine rings is 1. The average Bonchev–Trinajstić information content (AvgIpc) is 2.44.